The second-order valence-corrected chi connectivity index (χ2v) is 3.90. The fraction of sp³-hybridized carbons (Fsp3) is 0.0714. The Labute approximate surface area is 108 Å². The summed E-state index contributed by atoms with van der Waals surface area (Å²) in [6, 6.07) is 9.50. The Bertz CT molecular complexity index is 593. The van der Waals surface area contributed by atoms with Crippen LogP contribution in [0.2, 0.25) is 0 Å². The summed E-state index contributed by atoms with van der Waals surface area (Å²) in [5, 5.41) is 18.1. The van der Waals surface area contributed by atoms with Crippen LogP contribution in [0.4, 0.5) is 4.39 Å². The molecule has 19 heavy (non-hydrogen) atoms. The van der Waals surface area contributed by atoms with Gasteiger partial charge in [-0.25, -0.2) is 9.18 Å². The summed E-state index contributed by atoms with van der Waals surface area (Å²) >= 11 is 0. The number of ether oxygens (including phenoxy) is 1. The molecule has 5 heteroatoms. The van der Waals surface area contributed by atoms with Crippen molar-refractivity contribution in [1.29, 1.82) is 0 Å². The second-order valence-electron chi connectivity index (χ2n) is 3.90. The molecule has 0 heterocycles. The minimum absolute atomic E-state index is 0.0272. The number of hydrogen-bond acceptors (Lipinski definition) is 3. The van der Waals surface area contributed by atoms with Gasteiger partial charge in [0.25, 0.3) is 0 Å². The molecule has 0 amide bonds. The van der Waals surface area contributed by atoms with Gasteiger partial charge in [-0.1, -0.05) is 12.1 Å². The molecule has 2 aromatic rings. The molecule has 0 saturated heterocycles. The lowest BCUT2D eigenvalue weighted by atomic mass is 10.2. The van der Waals surface area contributed by atoms with Crippen LogP contribution in [0, 0.1) is 5.82 Å². The zero-order chi connectivity index (χ0) is 13.8. The summed E-state index contributed by atoms with van der Waals surface area (Å²) in [7, 11) is 0. The van der Waals surface area contributed by atoms with Crippen molar-refractivity contribution in [2.24, 2.45) is 0 Å². The standard InChI is InChI=1S/C14H11FO4/c15-10-3-6-12(14(17)18)13(7-10)19-8-9-1-4-11(16)5-2-9/h1-7,16H,8H2,(H,17,18). The first-order chi connectivity index (χ1) is 9.06. The molecule has 4 nitrogen and oxygen atoms in total. The van der Waals surface area contributed by atoms with E-state index in [1.807, 2.05) is 0 Å². The molecule has 0 saturated carbocycles. The molecule has 0 aliphatic heterocycles. The van der Waals surface area contributed by atoms with E-state index in [1.54, 1.807) is 12.1 Å². The summed E-state index contributed by atoms with van der Waals surface area (Å²) in [6.07, 6.45) is 0. The molecule has 0 fully saturated rings. The molecule has 0 atom stereocenters. The van der Waals surface area contributed by atoms with E-state index >= 15 is 0 Å². The van der Waals surface area contributed by atoms with Gasteiger partial charge < -0.3 is 14.9 Å². The van der Waals surface area contributed by atoms with Crippen LogP contribution in [0.25, 0.3) is 0 Å². The van der Waals surface area contributed by atoms with Gasteiger partial charge in [0.05, 0.1) is 0 Å². The lowest BCUT2D eigenvalue weighted by molar-refractivity contribution is 0.0691. The highest BCUT2D eigenvalue weighted by atomic mass is 19.1. The van der Waals surface area contributed by atoms with E-state index in [1.165, 1.54) is 12.1 Å². The highest BCUT2D eigenvalue weighted by molar-refractivity contribution is 5.90. The van der Waals surface area contributed by atoms with E-state index in [9.17, 15) is 9.18 Å². The van der Waals surface area contributed by atoms with E-state index in [0.29, 0.717) is 0 Å². The van der Waals surface area contributed by atoms with Crippen LogP contribution in [0.1, 0.15) is 15.9 Å². The Morgan fingerprint density at radius 3 is 2.47 bits per heavy atom. The minimum atomic E-state index is -1.18. The van der Waals surface area contributed by atoms with E-state index in [0.717, 1.165) is 23.8 Å². The highest BCUT2D eigenvalue weighted by Crippen LogP contribution is 2.21. The predicted octanol–water partition coefficient (Wildman–Crippen LogP) is 2.81. The highest BCUT2D eigenvalue weighted by Gasteiger charge is 2.12. The predicted molar refractivity (Wildman–Crippen MR) is 65.8 cm³/mol. The van der Waals surface area contributed by atoms with Crippen LogP contribution < -0.4 is 4.74 Å². The third-order valence-corrected chi connectivity index (χ3v) is 2.50. The Balaban J connectivity index is 2.16. The number of rotatable bonds is 4. The van der Waals surface area contributed by atoms with Crippen molar-refractivity contribution < 1.29 is 24.1 Å². The van der Waals surface area contributed by atoms with Crippen LogP contribution in [0.3, 0.4) is 0 Å². The van der Waals surface area contributed by atoms with Crippen LogP contribution in [-0.2, 0) is 6.61 Å². The molecule has 0 aliphatic carbocycles. The number of benzene rings is 2. The molecule has 0 aromatic heterocycles. The van der Waals surface area contributed by atoms with Gasteiger partial charge in [0.1, 0.15) is 29.5 Å². The second kappa shape index (κ2) is 5.39. The zero-order valence-corrected chi connectivity index (χ0v) is 9.84. The number of carboxylic acids is 1. The number of aromatic carboxylic acids is 1. The van der Waals surface area contributed by atoms with Gasteiger partial charge in [-0.15, -0.1) is 0 Å². The van der Waals surface area contributed by atoms with Crippen molar-refractivity contribution in [2.45, 2.75) is 6.61 Å². The number of phenolic OH excluding ortho intramolecular Hbond substituents is 1. The Morgan fingerprint density at radius 2 is 1.84 bits per heavy atom. The largest absolute Gasteiger partial charge is 0.508 e. The first-order valence-electron chi connectivity index (χ1n) is 5.50. The lowest BCUT2D eigenvalue weighted by Gasteiger charge is -2.09. The normalized spacial score (nSPS) is 10.2. The molecule has 0 unspecified atom stereocenters. The fourth-order valence-electron chi connectivity index (χ4n) is 1.55. The summed E-state index contributed by atoms with van der Waals surface area (Å²) in [6.45, 7) is 0.0873. The molecule has 98 valence electrons. The van der Waals surface area contributed by atoms with E-state index in [4.69, 9.17) is 14.9 Å². The smallest absolute Gasteiger partial charge is 0.339 e. The quantitative estimate of drug-likeness (QED) is 0.889. The Morgan fingerprint density at radius 1 is 1.16 bits per heavy atom. The number of carbonyl (C=O) groups is 1. The van der Waals surface area contributed by atoms with Crippen LogP contribution >= 0.6 is 0 Å². The van der Waals surface area contributed by atoms with Crippen LogP contribution in [0.5, 0.6) is 11.5 Å². The van der Waals surface area contributed by atoms with E-state index in [2.05, 4.69) is 0 Å². The topological polar surface area (TPSA) is 66.8 Å². The van der Waals surface area contributed by atoms with Crippen molar-refractivity contribution in [3.05, 3.63) is 59.4 Å². The first kappa shape index (κ1) is 12.9. The maximum atomic E-state index is 13.1. The Hall–Kier alpha value is -2.56. The number of phenols is 1. The van der Waals surface area contributed by atoms with Gasteiger partial charge in [0.2, 0.25) is 0 Å². The van der Waals surface area contributed by atoms with Gasteiger partial charge in [0, 0.05) is 6.07 Å². The van der Waals surface area contributed by atoms with Crippen molar-refractivity contribution in [2.75, 3.05) is 0 Å². The summed E-state index contributed by atoms with van der Waals surface area (Å²) in [5.41, 5.74) is 0.638. The number of carboxylic acid groups (broad SMARTS) is 1. The molecule has 0 spiro atoms. The van der Waals surface area contributed by atoms with Crippen molar-refractivity contribution >= 4 is 5.97 Å². The summed E-state index contributed by atoms with van der Waals surface area (Å²) in [5.74, 6) is -1.65. The molecular weight excluding hydrogens is 251 g/mol. The number of halogens is 1. The average molecular weight is 262 g/mol. The van der Waals surface area contributed by atoms with Gasteiger partial charge >= 0.3 is 5.97 Å². The van der Waals surface area contributed by atoms with Crippen LogP contribution in [0.15, 0.2) is 42.5 Å². The number of aromatic hydroxyl groups is 1. The molecule has 0 bridgehead atoms. The average Bonchev–Trinajstić information content (AvgIpc) is 2.38. The maximum absolute atomic E-state index is 13.1. The van der Waals surface area contributed by atoms with Gasteiger partial charge in [0.15, 0.2) is 0 Å². The van der Waals surface area contributed by atoms with E-state index in [-0.39, 0.29) is 23.7 Å². The van der Waals surface area contributed by atoms with Crippen molar-refractivity contribution in [3.8, 4) is 11.5 Å². The molecule has 0 aliphatic rings. The van der Waals surface area contributed by atoms with Gasteiger partial charge in [-0.2, -0.15) is 0 Å². The zero-order valence-electron chi connectivity index (χ0n) is 9.84. The van der Waals surface area contributed by atoms with Crippen molar-refractivity contribution in [3.63, 3.8) is 0 Å². The molecule has 2 rings (SSSR count). The summed E-state index contributed by atoms with van der Waals surface area (Å²) in [4.78, 5) is 11.0. The van der Waals surface area contributed by atoms with Crippen LogP contribution in [-0.4, -0.2) is 16.2 Å². The molecule has 2 N–H and O–H groups in total. The fourth-order valence-corrected chi connectivity index (χ4v) is 1.55. The molecular formula is C14H11FO4. The summed E-state index contributed by atoms with van der Waals surface area (Å²) < 4.78 is 18.4. The molecule has 2 aromatic carbocycles. The van der Waals surface area contributed by atoms with Gasteiger partial charge in [-0.3, -0.25) is 0 Å². The van der Waals surface area contributed by atoms with Crippen molar-refractivity contribution in [1.82, 2.24) is 0 Å². The molecule has 0 radical (unpaired) electrons. The SMILES string of the molecule is O=C(O)c1ccc(F)cc1OCc1ccc(O)cc1. The first-order valence-corrected chi connectivity index (χ1v) is 5.50. The third kappa shape index (κ3) is 3.22. The monoisotopic (exact) mass is 262 g/mol. The number of hydrogen-bond donors (Lipinski definition) is 2. The maximum Gasteiger partial charge on any atom is 0.339 e. The lowest BCUT2D eigenvalue weighted by Crippen LogP contribution is -2.03. The van der Waals surface area contributed by atoms with Gasteiger partial charge in [-0.05, 0) is 29.8 Å². The Kier molecular flexibility index (Phi) is 3.66. The minimum Gasteiger partial charge on any atom is -0.508 e. The third-order valence-electron chi connectivity index (χ3n) is 2.50. The van der Waals surface area contributed by atoms with E-state index < -0.39 is 11.8 Å².